The van der Waals surface area contributed by atoms with Gasteiger partial charge in [-0.2, -0.15) is 0 Å². The third-order valence-corrected chi connectivity index (χ3v) is 3.25. The van der Waals surface area contributed by atoms with Crippen LogP contribution in [-0.4, -0.2) is 70.0 Å². The van der Waals surface area contributed by atoms with Crippen molar-refractivity contribution in [1.82, 2.24) is 0 Å². The Labute approximate surface area is 120 Å². The number of phenols is 1. The van der Waals surface area contributed by atoms with Crippen LogP contribution in [0.15, 0.2) is 18.2 Å². The minimum absolute atomic E-state index is 0.0365. The number of para-hydroxylation sites is 1. The van der Waals surface area contributed by atoms with Crippen molar-refractivity contribution in [2.45, 2.75) is 30.7 Å². The molecule has 1 aliphatic rings. The molecule has 5 atom stereocenters. The fraction of sp³-hybridized carbons (Fsp3) is 0.538. The van der Waals surface area contributed by atoms with Crippen molar-refractivity contribution in [3.63, 3.8) is 0 Å². The molecule has 1 saturated heterocycles. The molecule has 21 heavy (non-hydrogen) atoms. The summed E-state index contributed by atoms with van der Waals surface area (Å²) in [5, 5.41) is 48.0. The van der Waals surface area contributed by atoms with Crippen molar-refractivity contribution >= 4 is 0 Å². The number of benzene rings is 1. The normalized spacial score (nSPS) is 32.7. The van der Waals surface area contributed by atoms with E-state index in [2.05, 4.69) is 0 Å². The molecular weight excluding hydrogens is 284 g/mol. The van der Waals surface area contributed by atoms with Crippen LogP contribution in [0.1, 0.15) is 0 Å². The number of aliphatic hydroxyl groups is 4. The number of aliphatic hydroxyl groups excluding tert-OH is 4. The van der Waals surface area contributed by atoms with Crippen molar-refractivity contribution in [1.29, 1.82) is 0 Å². The first-order valence-corrected chi connectivity index (χ1v) is 6.32. The quantitative estimate of drug-likeness (QED) is 0.458. The smallest absolute Gasteiger partial charge is 0.229 e. The number of hydrogen-bond donors (Lipinski definition) is 5. The summed E-state index contributed by atoms with van der Waals surface area (Å²) in [7, 11) is 1.33. The lowest BCUT2D eigenvalue weighted by Crippen LogP contribution is -2.60. The maximum absolute atomic E-state index is 9.87. The fourth-order valence-electron chi connectivity index (χ4n) is 2.09. The van der Waals surface area contributed by atoms with E-state index in [1.807, 2.05) is 0 Å². The van der Waals surface area contributed by atoms with Crippen molar-refractivity contribution in [3.05, 3.63) is 18.2 Å². The Balaban J connectivity index is 2.20. The Hall–Kier alpha value is -1.58. The zero-order chi connectivity index (χ0) is 15.6. The lowest BCUT2D eigenvalue weighted by molar-refractivity contribution is -0.277. The van der Waals surface area contributed by atoms with E-state index in [9.17, 15) is 20.4 Å². The molecule has 2 rings (SSSR count). The second kappa shape index (κ2) is 6.46. The standard InChI is InChI=1S/C13H18O8/c1-19-12-6(15)3-2-4-7(12)20-13-11(18)10(17)9(16)8(5-14)21-13/h2-4,8-11,13-18H,5H2,1H3/t8-,9-,10+,11-,13-/m1/s1. The van der Waals surface area contributed by atoms with E-state index in [1.54, 1.807) is 0 Å². The molecule has 8 heteroatoms. The molecule has 0 bridgehead atoms. The molecule has 0 unspecified atom stereocenters. The molecule has 0 aliphatic carbocycles. The van der Waals surface area contributed by atoms with Crippen LogP contribution < -0.4 is 9.47 Å². The van der Waals surface area contributed by atoms with E-state index in [0.717, 1.165) is 0 Å². The molecule has 1 aromatic rings. The van der Waals surface area contributed by atoms with Gasteiger partial charge in [-0.25, -0.2) is 0 Å². The zero-order valence-corrected chi connectivity index (χ0v) is 11.3. The van der Waals surface area contributed by atoms with Gasteiger partial charge in [0.15, 0.2) is 11.5 Å². The summed E-state index contributed by atoms with van der Waals surface area (Å²) < 4.78 is 15.6. The van der Waals surface area contributed by atoms with Gasteiger partial charge in [0.1, 0.15) is 24.4 Å². The van der Waals surface area contributed by atoms with Crippen molar-refractivity contribution in [2.75, 3.05) is 13.7 Å². The van der Waals surface area contributed by atoms with Gasteiger partial charge >= 0.3 is 0 Å². The van der Waals surface area contributed by atoms with E-state index < -0.39 is 37.3 Å². The highest BCUT2D eigenvalue weighted by Gasteiger charge is 2.45. The SMILES string of the molecule is COc1c(O)cccc1O[C@@H]1O[C@H](CO)[C@@H](O)[C@H](O)[C@H]1O. The predicted molar refractivity (Wildman–Crippen MR) is 69.1 cm³/mol. The molecule has 8 nitrogen and oxygen atoms in total. The number of methoxy groups -OCH3 is 1. The van der Waals surface area contributed by atoms with E-state index in [0.29, 0.717) is 0 Å². The average Bonchev–Trinajstić information content (AvgIpc) is 2.48. The summed E-state index contributed by atoms with van der Waals surface area (Å²) in [6.45, 7) is -0.554. The first-order valence-electron chi connectivity index (χ1n) is 6.32. The number of ether oxygens (including phenoxy) is 3. The molecule has 1 aliphatic heterocycles. The summed E-state index contributed by atoms with van der Waals surface area (Å²) in [6, 6.07) is 4.36. The van der Waals surface area contributed by atoms with Crippen LogP contribution in [0.25, 0.3) is 0 Å². The number of phenolic OH excluding ortho intramolecular Hbond substituents is 1. The van der Waals surface area contributed by atoms with Crippen molar-refractivity contribution in [2.24, 2.45) is 0 Å². The maximum atomic E-state index is 9.87. The number of aromatic hydroxyl groups is 1. The van der Waals surface area contributed by atoms with Gasteiger partial charge in [0.25, 0.3) is 0 Å². The van der Waals surface area contributed by atoms with Gasteiger partial charge in [0, 0.05) is 0 Å². The Morgan fingerprint density at radius 2 is 1.86 bits per heavy atom. The molecular formula is C13H18O8. The van der Waals surface area contributed by atoms with Crippen LogP contribution in [0, 0.1) is 0 Å². The third kappa shape index (κ3) is 3.04. The number of rotatable bonds is 4. The highest BCUT2D eigenvalue weighted by atomic mass is 16.7. The molecule has 0 aromatic heterocycles. The highest BCUT2D eigenvalue weighted by molar-refractivity contribution is 5.50. The predicted octanol–water partition coefficient (Wildman–Crippen LogP) is -1.42. The van der Waals surface area contributed by atoms with E-state index >= 15 is 0 Å². The van der Waals surface area contributed by atoms with Crippen molar-refractivity contribution < 1.29 is 39.7 Å². The highest BCUT2D eigenvalue weighted by Crippen LogP contribution is 2.37. The Bertz CT molecular complexity index is 477. The van der Waals surface area contributed by atoms with Gasteiger partial charge in [-0.3, -0.25) is 0 Å². The van der Waals surface area contributed by atoms with Gasteiger partial charge in [-0.15, -0.1) is 0 Å². The molecule has 0 amide bonds. The summed E-state index contributed by atoms with van der Waals surface area (Å²) in [5.74, 6) is -0.0455. The zero-order valence-electron chi connectivity index (χ0n) is 11.3. The minimum Gasteiger partial charge on any atom is -0.504 e. The van der Waals surface area contributed by atoms with E-state index in [-0.39, 0.29) is 17.2 Å². The molecule has 1 fully saturated rings. The second-order valence-electron chi connectivity index (χ2n) is 4.62. The van der Waals surface area contributed by atoms with Crippen molar-refractivity contribution in [3.8, 4) is 17.2 Å². The first-order chi connectivity index (χ1) is 9.99. The van der Waals surface area contributed by atoms with Crippen LogP contribution in [0.3, 0.4) is 0 Å². The summed E-state index contributed by atoms with van der Waals surface area (Å²) >= 11 is 0. The summed E-state index contributed by atoms with van der Waals surface area (Å²) in [4.78, 5) is 0. The Morgan fingerprint density at radius 3 is 2.48 bits per heavy atom. The monoisotopic (exact) mass is 302 g/mol. The largest absolute Gasteiger partial charge is 0.504 e. The molecule has 0 radical (unpaired) electrons. The number of hydrogen-bond acceptors (Lipinski definition) is 8. The summed E-state index contributed by atoms with van der Waals surface area (Å²) in [5.41, 5.74) is 0. The van der Waals surface area contributed by atoms with Gasteiger partial charge < -0.3 is 39.7 Å². The van der Waals surface area contributed by atoms with Gasteiger partial charge in [-0.1, -0.05) is 6.07 Å². The van der Waals surface area contributed by atoms with Crippen LogP contribution >= 0.6 is 0 Å². The first kappa shape index (κ1) is 15.8. The van der Waals surface area contributed by atoms with E-state index in [1.165, 1.54) is 25.3 Å². The lowest BCUT2D eigenvalue weighted by Gasteiger charge is -2.39. The fourth-order valence-corrected chi connectivity index (χ4v) is 2.09. The van der Waals surface area contributed by atoms with Gasteiger partial charge in [0.2, 0.25) is 12.0 Å². The molecule has 1 heterocycles. The molecule has 118 valence electrons. The summed E-state index contributed by atoms with van der Waals surface area (Å²) in [6.07, 6.45) is -6.94. The minimum atomic E-state index is -1.54. The average molecular weight is 302 g/mol. The maximum Gasteiger partial charge on any atom is 0.229 e. The van der Waals surface area contributed by atoms with Crippen LogP contribution in [0.5, 0.6) is 17.2 Å². The van der Waals surface area contributed by atoms with Crippen LogP contribution in [0.2, 0.25) is 0 Å². The molecule has 0 spiro atoms. The van der Waals surface area contributed by atoms with Crippen LogP contribution in [0.4, 0.5) is 0 Å². The second-order valence-corrected chi connectivity index (χ2v) is 4.62. The molecule has 0 saturated carbocycles. The Morgan fingerprint density at radius 1 is 1.14 bits per heavy atom. The third-order valence-electron chi connectivity index (χ3n) is 3.25. The van der Waals surface area contributed by atoms with Gasteiger partial charge in [0.05, 0.1) is 13.7 Å². The van der Waals surface area contributed by atoms with E-state index in [4.69, 9.17) is 19.3 Å². The molecule has 1 aromatic carbocycles. The topological polar surface area (TPSA) is 129 Å². The van der Waals surface area contributed by atoms with Crippen LogP contribution in [-0.2, 0) is 4.74 Å². The lowest BCUT2D eigenvalue weighted by atomic mass is 9.99. The van der Waals surface area contributed by atoms with Gasteiger partial charge in [-0.05, 0) is 12.1 Å². The molecule has 5 N–H and O–H groups in total. The Kier molecular flexibility index (Phi) is 4.86.